The number of hydrazone groups is 1. The highest BCUT2D eigenvalue weighted by atomic mass is 19.1. The topological polar surface area (TPSA) is 63.3 Å². The molecule has 0 aliphatic carbocycles. The fourth-order valence-electron chi connectivity index (χ4n) is 2.54. The normalized spacial score (nSPS) is 11.4. The van der Waals surface area contributed by atoms with Crippen LogP contribution in [-0.2, 0) is 0 Å². The summed E-state index contributed by atoms with van der Waals surface area (Å²) in [6.07, 6.45) is 0. The summed E-state index contributed by atoms with van der Waals surface area (Å²) >= 11 is 0. The molecule has 6 heteroatoms. The number of hydrogen-bond acceptors (Lipinski definition) is 5. The van der Waals surface area contributed by atoms with Crippen LogP contribution in [0, 0.1) is 5.82 Å². The van der Waals surface area contributed by atoms with Gasteiger partial charge in [-0.25, -0.2) is 4.39 Å². The molecule has 4 aromatic rings. The maximum atomic E-state index is 13.4. The lowest BCUT2D eigenvalue weighted by molar-refractivity contribution is 0.429. The molecule has 0 aliphatic heterocycles. The second-order valence-corrected chi connectivity index (χ2v) is 5.74. The van der Waals surface area contributed by atoms with E-state index in [1.54, 1.807) is 12.1 Å². The first-order chi connectivity index (χ1) is 13.3. The highest BCUT2D eigenvalue weighted by molar-refractivity contribution is 6.10. The second kappa shape index (κ2) is 7.61. The number of nitrogens with one attached hydrogen (secondary N) is 1. The zero-order chi connectivity index (χ0) is 18.5. The lowest BCUT2D eigenvalue weighted by Crippen LogP contribution is -2.08. The van der Waals surface area contributed by atoms with Gasteiger partial charge in [0, 0.05) is 11.1 Å². The Morgan fingerprint density at radius 2 is 1.63 bits per heavy atom. The molecule has 4 rings (SSSR count). The number of rotatable bonds is 5. The third-order valence-electron chi connectivity index (χ3n) is 3.83. The Morgan fingerprint density at radius 3 is 2.37 bits per heavy atom. The van der Waals surface area contributed by atoms with Gasteiger partial charge in [-0.1, -0.05) is 59.8 Å². The predicted molar refractivity (Wildman–Crippen MR) is 102 cm³/mol. The molecule has 1 heterocycles. The zero-order valence-corrected chi connectivity index (χ0v) is 14.2. The average Bonchev–Trinajstić information content (AvgIpc) is 3.20. The van der Waals surface area contributed by atoms with Gasteiger partial charge >= 0.3 is 0 Å². The number of nitrogens with zero attached hydrogens (tertiary/aromatic N) is 3. The van der Waals surface area contributed by atoms with E-state index in [1.165, 1.54) is 12.1 Å². The minimum Gasteiger partial charge on any atom is -0.334 e. The van der Waals surface area contributed by atoms with E-state index >= 15 is 0 Å². The molecule has 1 N–H and O–H groups in total. The summed E-state index contributed by atoms with van der Waals surface area (Å²) in [5.41, 5.74) is 5.50. The van der Waals surface area contributed by atoms with Gasteiger partial charge in [-0.15, -0.1) is 0 Å². The molecule has 0 amide bonds. The molecule has 5 nitrogen and oxygen atoms in total. The summed E-state index contributed by atoms with van der Waals surface area (Å²) in [6, 6.07) is 25.0. The molecular weight excluding hydrogens is 343 g/mol. The van der Waals surface area contributed by atoms with Gasteiger partial charge in [0.05, 0.1) is 5.69 Å². The van der Waals surface area contributed by atoms with E-state index in [4.69, 9.17) is 4.52 Å². The fourth-order valence-corrected chi connectivity index (χ4v) is 2.54. The number of benzene rings is 3. The van der Waals surface area contributed by atoms with Crippen LogP contribution in [0.2, 0.25) is 0 Å². The average molecular weight is 358 g/mol. The van der Waals surface area contributed by atoms with Gasteiger partial charge in [0.2, 0.25) is 5.82 Å². The minimum absolute atomic E-state index is 0.337. The summed E-state index contributed by atoms with van der Waals surface area (Å²) in [5, 5.41) is 8.47. The molecule has 0 saturated carbocycles. The van der Waals surface area contributed by atoms with E-state index in [9.17, 15) is 4.39 Å². The number of halogens is 1. The molecule has 0 unspecified atom stereocenters. The maximum Gasteiger partial charge on any atom is 0.258 e. The van der Waals surface area contributed by atoms with Gasteiger partial charge in [-0.3, -0.25) is 5.43 Å². The summed E-state index contributed by atoms with van der Waals surface area (Å²) in [7, 11) is 0. The van der Waals surface area contributed by atoms with Crippen LogP contribution in [-0.4, -0.2) is 15.9 Å². The summed E-state index contributed by atoms with van der Waals surface area (Å²) in [5.74, 6) is 0.395. The third kappa shape index (κ3) is 3.90. The molecule has 1 aromatic heterocycles. The van der Waals surface area contributed by atoms with Crippen LogP contribution in [0.15, 0.2) is 94.6 Å². The van der Waals surface area contributed by atoms with Gasteiger partial charge in [0.15, 0.2) is 0 Å². The van der Waals surface area contributed by atoms with E-state index in [2.05, 4.69) is 20.7 Å². The molecule has 0 aliphatic rings. The Bertz CT molecular complexity index is 1060. The first kappa shape index (κ1) is 16.7. The van der Waals surface area contributed by atoms with E-state index < -0.39 is 0 Å². The van der Waals surface area contributed by atoms with Crippen molar-refractivity contribution in [2.75, 3.05) is 5.43 Å². The molecule has 0 saturated heterocycles. The highest BCUT2D eigenvalue weighted by Crippen LogP contribution is 2.18. The minimum atomic E-state index is -0.345. The maximum absolute atomic E-state index is 13.4. The van der Waals surface area contributed by atoms with Gasteiger partial charge in [0.1, 0.15) is 11.5 Å². The SMILES string of the molecule is Fc1cccc(N/N=C(\c2ccccc2)c2noc(-c3ccccc3)n2)c1. The zero-order valence-electron chi connectivity index (χ0n) is 14.2. The lowest BCUT2D eigenvalue weighted by atomic mass is 10.1. The van der Waals surface area contributed by atoms with Crippen molar-refractivity contribution in [3.63, 3.8) is 0 Å². The quantitative estimate of drug-likeness (QED) is 0.413. The number of anilines is 1. The van der Waals surface area contributed by atoms with E-state index in [-0.39, 0.29) is 5.82 Å². The van der Waals surface area contributed by atoms with Crippen LogP contribution in [0.4, 0.5) is 10.1 Å². The summed E-state index contributed by atoms with van der Waals surface area (Å²) in [6.45, 7) is 0. The predicted octanol–water partition coefficient (Wildman–Crippen LogP) is 4.74. The van der Waals surface area contributed by atoms with Crippen LogP contribution < -0.4 is 5.43 Å². The van der Waals surface area contributed by atoms with Crippen molar-refractivity contribution in [3.05, 3.63) is 102 Å². The molecule has 0 spiro atoms. The molecule has 0 bridgehead atoms. The van der Waals surface area contributed by atoms with Gasteiger partial charge in [-0.05, 0) is 30.3 Å². The van der Waals surface area contributed by atoms with Gasteiger partial charge in [-0.2, -0.15) is 10.1 Å². The van der Waals surface area contributed by atoms with Crippen molar-refractivity contribution in [1.82, 2.24) is 10.1 Å². The van der Waals surface area contributed by atoms with Gasteiger partial charge in [0.25, 0.3) is 5.89 Å². The third-order valence-corrected chi connectivity index (χ3v) is 3.83. The highest BCUT2D eigenvalue weighted by Gasteiger charge is 2.16. The van der Waals surface area contributed by atoms with Crippen molar-refractivity contribution in [3.8, 4) is 11.5 Å². The number of hydrogen-bond donors (Lipinski definition) is 1. The van der Waals surface area contributed by atoms with Crippen LogP contribution >= 0.6 is 0 Å². The van der Waals surface area contributed by atoms with Crippen LogP contribution in [0.5, 0.6) is 0 Å². The first-order valence-electron chi connectivity index (χ1n) is 8.34. The van der Waals surface area contributed by atoms with E-state index in [1.807, 2.05) is 60.7 Å². The monoisotopic (exact) mass is 358 g/mol. The number of aromatic nitrogens is 2. The van der Waals surface area contributed by atoms with Crippen molar-refractivity contribution < 1.29 is 8.91 Å². The van der Waals surface area contributed by atoms with Crippen LogP contribution in [0.1, 0.15) is 11.4 Å². The molecule has 27 heavy (non-hydrogen) atoms. The molecular formula is C21H15FN4O. The Balaban J connectivity index is 1.71. The van der Waals surface area contributed by atoms with Gasteiger partial charge < -0.3 is 4.52 Å². The first-order valence-corrected chi connectivity index (χ1v) is 8.34. The van der Waals surface area contributed by atoms with Crippen LogP contribution in [0.3, 0.4) is 0 Å². The molecule has 3 aromatic carbocycles. The standard InChI is InChI=1S/C21H15FN4O/c22-17-12-7-13-18(14-17)24-25-19(15-8-3-1-4-9-15)20-23-21(27-26-20)16-10-5-2-6-11-16/h1-14,24H/b25-19+. The van der Waals surface area contributed by atoms with Crippen LogP contribution in [0.25, 0.3) is 11.5 Å². The molecule has 132 valence electrons. The van der Waals surface area contributed by atoms with Crippen molar-refractivity contribution in [2.45, 2.75) is 0 Å². The van der Waals surface area contributed by atoms with E-state index in [0.29, 0.717) is 23.1 Å². The van der Waals surface area contributed by atoms with E-state index in [0.717, 1.165) is 11.1 Å². The Hall–Kier alpha value is -3.80. The van der Waals surface area contributed by atoms with Crippen molar-refractivity contribution >= 4 is 11.4 Å². The van der Waals surface area contributed by atoms with Crippen molar-refractivity contribution in [1.29, 1.82) is 0 Å². The molecule has 0 atom stereocenters. The smallest absolute Gasteiger partial charge is 0.258 e. The largest absolute Gasteiger partial charge is 0.334 e. The Morgan fingerprint density at radius 1 is 0.889 bits per heavy atom. The Labute approximate surface area is 155 Å². The molecule has 0 radical (unpaired) electrons. The summed E-state index contributed by atoms with van der Waals surface area (Å²) < 4.78 is 18.8. The molecule has 0 fully saturated rings. The van der Waals surface area contributed by atoms with Crippen molar-refractivity contribution in [2.24, 2.45) is 5.10 Å². The Kier molecular flexibility index (Phi) is 4.70. The lowest BCUT2D eigenvalue weighted by Gasteiger charge is -2.05. The summed E-state index contributed by atoms with van der Waals surface area (Å²) in [4.78, 5) is 4.46. The second-order valence-electron chi connectivity index (χ2n) is 5.74. The fraction of sp³-hybridized carbons (Fsp3) is 0.